The number of oxazole rings is 1. The normalized spacial score (nSPS) is 15.5. The van der Waals surface area contributed by atoms with Crippen LogP contribution in [0.25, 0.3) is 0 Å². The van der Waals surface area contributed by atoms with Gasteiger partial charge in [0.2, 0.25) is 0 Å². The minimum absolute atomic E-state index is 0.0323. The van der Waals surface area contributed by atoms with Gasteiger partial charge in [-0.1, -0.05) is 32.0 Å². The van der Waals surface area contributed by atoms with Crippen molar-refractivity contribution < 1.29 is 13.9 Å². The van der Waals surface area contributed by atoms with E-state index in [9.17, 15) is 4.79 Å². The van der Waals surface area contributed by atoms with E-state index in [-0.39, 0.29) is 11.8 Å². The van der Waals surface area contributed by atoms with E-state index in [1.165, 1.54) is 5.56 Å². The molecule has 0 aliphatic carbocycles. The van der Waals surface area contributed by atoms with Crippen molar-refractivity contribution in [2.45, 2.75) is 33.2 Å². The van der Waals surface area contributed by atoms with Crippen LogP contribution in [-0.2, 0) is 6.54 Å². The van der Waals surface area contributed by atoms with E-state index in [1.54, 1.807) is 7.11 Å². The summed E-state index contributed by atoms with van der Waals surface area (Å²) in [4.78, 5) is 21.4. The Kier molecular flexibility index (Phi) is 5.61. The molecule has 0 atom stereocenters. The van der Waals surface area contributed by atoms with Crippen LogP contribution in [0.2, 0.25) is 0 Å². The lowest BCUT2D eigenvalue weighted by molar-refractivity contribution is 0.0620. The van der Waals surface area contributed by atoms with Crippen LogP contribution >= 0.6 is 0 Å². The van der Waals surface area contributed by atoms with Gasteiger partial charge in [0, 0.05) is 44.2 Å². The molecule has 1 amide bonds. The molecule has 0 unspecified atom stereocenters. The molecule has 6 nitrogen and oxygen atoms in total. The van der Waals surface area contributed by atoms with Crippen LogP contribution in [0, 0.1) is 6.92 Å². The number of amides is 1. The van der Waals surface area contributed by atoms with E-state index in [0.29, 0.717) is 30.4 Å². The summed E-state index contributed by atoms with van der Waals surface area (Å²) in [5, 5.41) is 0. The summed E-state index contributed by atoms with van der Waals surface area (Å²) < 4.78 is 11.1. The van der Waals surface area contributed by atoms with Crippen molar-refractivity contribution in [1.82, 2.24) is 14.8 Å². The van der Waals surface area contributed by atoms with Gasteiger partial charge in [0.1, 0.15) is 11.5 Å². The third-order valence-electron chi connectivity index (χ3n) is 4.76. The van der Waals surface area contributed by atoms with Gasteiger partial charge in [0.05, 0.1) is 7.11 Å². The molecule has 26 heavy (non-hydrogen) atoms. The van der Waals surface area contributed by atoms with Crippen molar-refractivity contribution in [1.29, 1.82) is 0 Å². The molecular weight excluding hydrogens is 330 g/mol. The number of rotatable bonds is 5. The maximum absolute atomic E-state index is 12.8. The Morgan fingerprint density at radius 1 is 1.23 bits per heavy atom. The number of carbonyl (C=O) groups excluding carboxylic acids is 1. The Morgan fingerprint density at radius 2 is 1.92 bits per heavy atom. The van der Waals surface area contributed by atoms with Gasteiger partial charge < -0.3 is 14.1 Å². The molecule has 1 aliphatic heterocycles. The highest BCUT2D eigenvalue weighted by Gasteiger charge is 2.27. The summed E-state index contributed by atoms with van der Waals surface area (Å²) in [6, 6.07) is 8.07. The number of para-hydroxylation sites is 1. The molecule has 3 rings (SSSR count). The van der Waals surface area contributed by atoms with Crippen molar-refractivity contribution in [2.75, 3.05) is 33.3 Å². The number of piperazine rings is 1. The summed E-state index contributed by atoms with van der Waals surface area (Å²) in [7, 11) is 1.70. The van der Waals surface area contributed by atoms with Gasteiger partial charge in [0.15, 0.2) is 11.6 Å². The van der Waals surface area contributed by atoms with Crippen molar-refractivity contribution >= 4 is 5.91 Å². The van der Waals surface area contributed by atoms with Crippen LogP contribution in [0.5, 0.6) is 5.75 Å². The number of hydrogen-bond acceptors (Lipinski definition) is 5. The first-order chi connectivity index (χ1) is 12.5. The highest BCUT2D eigenvalue weighted by atomic mass is 16.5. The van der Waals surface area contributed by atoms with E-state index in [1.807, 2.05) is 43.9 Å². The predicted molar refractivity (Wildman–Crippen MR) is 99.5 cm³/mol. The van der Waals surface area contributed by atoms with Crippen molar-refractivity contribution in [3.8, 4) is 5.75 Å². The highest BCUT2D eigenvalue weighted by Crippen LogP contribution is 2.22. The lowest BCUT2D eigenvalue weighted by Crippen LogP contribution is -2.48. The zero-order valence-corrected chi connectivity index (χ0v) is 16.0. The topological polar surface area (TPSA) is 58.8 Å². The third kappa shape index (κ3) is 3.90. The second-order valence-corrected chi connectivity index (χ2v) is 6.99. The molecule has 0 saturated carbocycles. The fraction of sp³-hybridized carbons (Fsp3) is 0.500. The number of methoxy groups -OCH3 is 1. The lowest BCUT2D eigenvalue weighted by Gasteiger charge is -2.34. The van der Waals surface area contributed by atoms with E-state index >= 15 is 0 Å². The summed E-state index contributed by atoms with van der Waals surface area (Å²) in [6.07, 6.45) is 0. The molecular formula is C20H27N3O3. The average molecular weight is 357 g/mol. The molecule has 1 aromatic carbocycles. The Bertz CT molecular complexity index is 761. The van der Waals surface area contributed by atoms with Gasteiger partial charge in [0.25, 0.3) is 5.91 Å². The first kappa shape index (κ1) is 18.5. The largest absolute Gasteiger partial charge is 0.496 e. The minimum atomic E-state index is -0.0323. The number of carbonyl (C=O) groups is 1. The maximum Gasteiger partial charge on any atom is 0.276 e. The van der Waals surface area contributed by atoms with Crippen molar-refractivity contribution in [3.05, 3.63) is 47.2 Å². The standard InChI is InChI=1S/C20H27N3O3/c1-14(2)19-21-18(15(3)26-19)20(24)23-11-9-22(10-12-23)13-16-7-5-6-8-17(16)25-4/h5-8,14H,9-13H2,1-4H3. The van der Waals surface area contributed by atoms with Gasteiger partial charge in [-0.25, -0.2) is 4.98 Å². The van der Waals surface area contributed by atoms with E-state index < -0.39 is 0 Å². The summed E-state index contributed by atoms with van der Waals surface area (Å²) in [5.74, 6) is 2.28. The predicted octanol–water partition coefficient (Wildman–Crippen LogP) is 3.07. The number of hydrogen-bond donors (Lipinski definition) is 0. The Balaban J connectivity index is 1.60. The summed E-state index contributed by atoms with van der Waals surface area (Å²) in [5.41, 5.74) is 1.62. The SMILES string of the molecule is COc1ccccc1CN1CCN(C(=O)c2nc(C(C)C)oc2C)CC1. The molecule has 140 valence electrons. The van der Waals surface area contributed by atoms with Gasteiger partial charge in [-0.05, 0) is 13.0 Å². The van der Waals surface area contributed by atoms with Gasteiger partial charge in [-0.3, -0.25) is 9.69 Å². The summed E-state index contributed by atoms with van der Waals surface area (Å²) >= 11 is 0. The Morgan fingerprint density at radius 3 is 2.54 bits per heavy atom. The number of benzene rings is 1. The Labute approximate surface area is 154 Å². The molecule has 1 aliphatic rings. The Hall–Kier alpha value is -2.34. The molecule has 2 aromatic rings. The van der Waals surface area contributed by atoms with Crippen LogP contribution in [0.15, 0.2) is 28.7 Å². The number of nitrogens with zero attached hydrogens (tertiary/aromatic N) is 3. The molecule has 0 bridgehead atoms. The second-order valence-electron chi connectivity index (χ2n) is 6.99. The highest BCUT2D eigenvalue weighted by molar-refractivity contribution is 5.93. The van der Waals surface area contributed by atoms with Crippen LogP contribution in [0.3, 0.4) is 0 Å². The van der Waals surface area contributed by atoms with Crippen molar-refractivity contribution in [3.63, 3.8) is 0 Å². The number of aromatic nitrogens is 1. The zero-order chi connectivity index (χ0) is 18.7. The van der Waals surface area contributed by atoms with Gasteiger partial charge >= 0.3 is 0 Å². The number of ether oxygens (including phenoxy) is 1. The second kappa shape index (κ2) is 7.91. The van der Waals surface area contributed by atoms with Gasteiger partial charge in [-0.2, -0.15) is 0 Å². The lowest BCUT2D eigenvalue weighted by atomic mass is 10.1. The van der Waals surface area contributed by atoms with Crippen LogP contribution in [0.1, 0.15) is 47.5 Å². The van der Waals surface area contributed by atoms with Crippen LogP contribution in [-0.4, -0.2) is 54.0 Å². The van der Waals surface area contributed by atoms with E-state index in [4.69, 9.17) is 9.15 Å². The molecule has 0 spiro atoms. The van der Waals surface area contributed by atoms with Gasteiger partial charge in [-0.15, -0.1) is 0 Å². The van der Waals surface area contributed by atoms with Crippen LogP contribution < -0.4 is 4.74 Å². The first-order valence-electron chi connectivity index (χ1n) is 9.10. The molecule has 0 N–H and O–H groups in total. The van der Waals surface area contributed by atoms with E-state index in [0.717, 1.165) is 25.4 Å². The quantitative estimate of drug-likeness (QED) is 0.823. The molecule has 2 heterocycles. The monoisotopic (exact) mass is 357 g/mol. The fourth-order valence-corrected chi connectivity index (χ4v) is 3.20. The molecule has 1 aromatic heterocycles. The first-order valence-corrected chi connectivity index (χ1v) is 9.10. The minimum Gasteiger partial charge on any atom is -0.496 e. The molecule has 6 heteroatoms. The van der Waals surface area contributed by atoms with Crippen LogP contribution in [0.4, 0.5) is 0 Å². The molecule has 1 saturated heterocycles. The molecule has 1 fully saturated rings. The average Bonchev–Trinajstić information content (AvgIpc) is 3.04. The van der Waals surface area contributed by atoms with Crippen molar-refractivity contribution in [2.24, 2.45) is 0 Å². The maximum atomic E-state index is 12.8. The van der Waals surface area contributed by atoms with E-state index in [2.05, 4.69) is 16.0 Å². The molecule has 0 radical (unpaired) electrons. The number of aryl methyl sites for hydroxylation is 1. The fourth-order valence-electron chi connectivity index (χ4n) is 3.20. The smallest absolute Gasteiger partial charge is 0.276 e. The third-order valence-corrected chi connectivity index (χ3v) is 4.76. The zero-order valence-electron chi connectivity index (χ0n) is 16.0. The summed E-state index contributed by atoms with van der Waals surface area (Å²) in [6.45, 7) is 9.70.